The van der Waals surface area contributed by atoms with Crippen LogP contribution in [0.1, 0.15) is 47.0 Å². The first-order chi connectivity index (χ1) is 8.83. The Kier molecular flexibility index (Phi) is 4.96. The summed E-state index contributed by atoms with van der Waals surface area (Å²) in [6.07, 6.45) is 2.68. The summed E-state index contributed by atoms with van der Waals surface area (Å²) >= 11 is 0. The first-order valence-electron chi connectivity index (χ1n) is 6.77. The third-order valence-electron chi connectivity index (χ3n) is 3.59. The smallest absolute Gasteiger partial charge is 0.334 e. The number of nitrogens with zero attached hydrogens (tertiary/aromatic N) is 1. The lowest BCUT2D eigenvalue weighted by molar-refractivity contribution is -0.159. The van der Waals surface area contributed by atoms with Gasteiger partial charge in [0.25, 0.3) is 0 Å². The van der Waals surface area contributed by atoms with Crippen molar-refractivity contribution in [3.05, 3.63) is 0 Å². The van der Waals surface area contributed by atoms with Crippen LogP contribution in [-0.2, 0) is 19.1 Å². The maximum atomic E-state index is 12.2. The van der Waals surface area contributed by atoms with Crippen LogP contribution in [-0.4, -0.2) is 42.8 Å². The number of ether oxygens (including phenoxy) is 2. The van der Waals surface area contributed by atoms with Gasteiger partial charge in [-0.25, -0.2) is 4.79 Å². The highest BCUT2D eigenvalue weighted by Crippen LogP contribution is 2.39. The molecule has 0 aromatic rings. The number of esters is 1. The zero-order valence-corrected chi connectivity index (χ0v) is 12.6. The number of carbonyl (C=O) groups excluding carboxylic acids is 2. The first kappa shape index (κ1) is 16.0. The van der Waals surface area contributed by atoms with Crippen molar-refractivity contribution in [1.29, 1.82) is 0 Å². The van der Waals surface area contributed by atoms with Crippen molar-refractivity contribution in [2.24, 2.45) is 5.41 Å². The molecule has 0 aromatic carbocycles. The lowest BCUT2D eigenvalue weighted by Crippen LogP contribution is -2.56. The summed E-state index contributed by atoms with van der Waals surface area (Å²) in [6.45, 7) is 8.22. The van der Waals surface area contributed by atoms with Crippen molar-refractivity contribution in [1.82, 2.24) is 4.90 Å². The predicted octanol–water partition coefficient (Wildman–Crippen LogP) is 1.95. The van der Waals surface area contributed by atoms with E-state index in [0.717, 1.165) is 19.3 Å². The molecule has 1 aliphatic rings. The number of hydrogen-bond acceptors (Lipinski definition) is 4. The second kappa shape index (κ2) is 5.90. The van der Waals surface area contributed by atoms with Crippen molar-refractivity contribution < 1.29 is 19.1 Å². The normalized spacial score (nSPS) is 27.4. The molecule has 0 spiro atoms. The van der Waals surface area contributed by atoms with Gasteiger partial charge in [0.15, 0.2) is 5.54 Å². The Morgan fingerprint density at radius 3 is 2.58 bits per heavy atom. The zero-order chi connectivity index (χ0) is 14.7. The molecule has 0 saturated carbocycles. The van der Waals surface area contributed by atoms with Gasteiger partial charge in [0.05, 0.1) is 13.7 Å². The van der Waals surface area contributed by atoms with Crippen LogP contribution in [0.3, 0.4) is 0 Å². The minimum absolute atomic E-state index is 0.209. The Labute approximate surface area is 115 Å². The van der Waals surface area contributed by atoms with Crippen LogP contribution in [0.5, 0.6) is 0 Å². The van der Waals surface area contributed by atoms with Crippen LogP contribution in [0.25, 0.3) is 0 Å². The summed E-state index contributed by atoms with van der Waals surface area (Å²) in [5, 5.41) is 0. The number of amides is 1. The fourth-order valence-electron chi connectivity index (χ4n) is 2.55. The molecule has 0 aromatic heterocycles. The lowest BCUT2D eigenvalue weighted by atomic mass is 9.88. The van der Waals surface area contributed by atoms with E-state index in [9.17, 15) is 9.59 Å². The van der Waals surface area contributed by atoms with Crippen LogP contribution < -0.4 is 0 Å². The molecule has 1 saturated heterocycles. The van der Waals surface area contributed by atoms with Crippen molar-refractivity contribution in [3.8, 4) is 0 Å². The third kappa shape index (κ3) is 2.91. The van der Waals surface area contributed by atoms with Crippen LogP contribution in [0.2, 0.25) is 0 Å². The summed E-state index contributed by atoms with van der Waals surface area (Å²) in [4.78, 5) is 25.2. The van der Waals surface area contributed by atoms with Gasteiger partial charge in [-0.2, -0.15) is 0 Å². The maximum Gasteiger partial charge on any atom is 0.334 e. The number of methoxy groups -OCH3 is 1. The average Bonchev–Trinajstić information content (AvgIpc) is 2.74. The molecule has 0 radical (unpaired) electrons. The highest BCUT2D eigenvalue weighted by Gasteiger charge is 2.55. The van der Waals surface area contributed by atoms with E-state index in [1.807, 2.05) is 27.7 Å². The fraction of sp³-hybridized carbons (Fsp3) is 0.857. The van der Waals surface area contributed by atoms with E-state index in [1.165, 1.54) is 12.0 Å². The average molecular weight is 271 g/mol. The van der Waals surface area contributed by atoms with Gasteiger partial charge in [0.1, 0.15) is 6.23 Å². The van der Waals surface area contributed by atoms with Gasteiger partial charge in [0.2, 0.25) is 6.41 Å². The lowest BCUT2D eigenvalue weighted by Gasteiger charge is -2.38. The Balaban J connectivity index is 3.10. The summed E-state index contributed by atoms with van der Waals surface area (Å²) < 4.78 is 10.7. The van der Waals surface area contributed by atoms with Crippen LogP contribution >= 0.6 is 0 Å². The van der Waals surface area contributed by atoms with Gasteiger partial charge >= 0.3 is 5.97 Å². The molecule has 2 unspecified atom stereocenters. The standard InChI is InChI=1S/C14H25NO4/c1-6-7-8-14(12(17)18-5)9-19-11(13(2,3)4)15(14)10-16/h10-11H,6-9H2,1-5H3. The first-order valence-corrected chi connectivity index (χ1v) is 6.77. The maximum absolute atomic E-state index is 12.2. The molecule has 5 nitrogen and oxygen atoms in total. The Bertz CT molecular complexity index is 337. The van der Waals surface area contributed by atoms with Crippen molar-refractivity contribution in [3.63, 3.8) is 0 Å². The molecule has 1 aliphatic heterocycles. The van der Waals surface area contributed by atoms with Gasteiger partial charge < -0.3 is 9.47 Å². The Morgan fingerprint density at radius 1 is 1.53 bits per heavy atom. The summed E-state index contributed by atoms with van der Waals surface area (Å²) in [5.74, 6) is -0.389. The number of unbranched alkanes of at least 4 members (excludes halogenated alkanes) is 1. The molecule has 110 valence electrons. The molecule has 2 atom stereocenters. The Morgan fingerprint density at radius 2 is 2.16 bits per heavy atom. The molecule has 19 heavy (non-hydrogen) atoms. The van der Waals surface area contributed by atoms with Crippen molar-refractivity contribution in [2.45, 2.75) is 58.7 Å². The molecule has 1 rings (SSSR count). The molecule has 1 fully saturated rings. The van der Waals surface area contributed by atoms with E-state index in [-0.39, 0.29) is 18.0 Å². The van der Waals surface area contributed by atoms with E-state index < -0.39 is 11.8 Å². The zero-order valence-electron chi connectivity index (χ0n) is 12.6. The molecule has 1 heterocycles. The van der Waals surface area contributed by atoms with Gasteiger partial charge in [0, 0.05) is 5.41 Å². The molecule has 1 amide bonds. The second-order valence-corrected chi connectivity index (χ2v) is 6.17. The molecule has 0 aliphatic carbocycles. The highest BCUT2D eigenvalue weighted by atomic mass is 16.5. The van der Waals surface area contributed by atoms with Crippen LogP contribution in [0.4, 0.5) is 0 Å². The monoisotopic (exact) mass is 271 g/mol. The van der Waals surface area contributed by atoms with Gasteiger partial charge in [-0.3, -0.25) is 9.69 Å². The van der Waals surface area contributed by atoms with Crippen LogP contribution in [0.15, 0.2) is 0 Å². The Hall–Kier alpha value is -1.10. The van der Waals surface area contributed by atoms with E-state index in [4.69, 9.17) is 9.47 Å². The van der Waals surface area contributed by atoms with E-state index in [2.05, 4.69) is 0 Å². The molecule has 0 bridgehead atoms. The SMILES string of the molecule is CCCCC1(C(=O)OC)COC(C(C)(C)C)N1C=O. The third-order valence-corrected chi connectivity index (χ3v) is 3.59. The predicted molar refractivity (Wildman–Crippen MR) is 71.4 cm³/mol. The van der Waals surface area contributed by atoms with E-state index in [0.29, 0.717) is 6.42 Å². The summed E-state index contributed by atoms with van der Waals surface area (Å²) in [6, 6.07) is 0. The largest absolute Gasteiger partial charge is 0.467 e. The van der Waals surface area contributed by atoms with Gasteiger partial charge in [-0.1, -0.05) is 40.5 Å². The highest BCUT2D eigenvalue weighted by molar-refractivity contribution is 5.84. The summed E-state index contributed by atoms with van der Waals surface area (Å²) in [5.41, 5.74) is -1.21. The minimum atomic E-state index is -0.968. The van der Waals surface area contributed by atoms with Gasteiger partial charge in [-0.05, 0) is 6.42 Å². The van der Waals surface area contributed by atoms with Crippen LogP contribution in [0, 0.1) is 5.41 Å². The number of carbonyl (C=O) groups is 2. The molecule has 0 N–H and O–H groups in total. The minimum Gasteiger partial charge on any atom is -0.467 e. The quantitative estimate of drug-likeness (QED) is 0.566. The fourth-order valence-corrected chi connectivity index (χ4v) is 2.55. The van der Waals surface area contributed by atoms with Gasteiger partial charge in [-0.15, -0.1) is 0 Å². The van der Waals surface area contributed by atoms with E-state index in [1.54, 1.807) is 0 Å². The number of rotatable bonds is 5. The number of hydrogen-bond donors (Lipinski definition) is 0. The van der Waals surface area contributed by atoms with Crippen molar-refractivity contribution in [2.75, 3.05) is 13.7 Å². The van der Waals surface area contributed by atoms with Crippen molar-refractivity contribution >= 4 is 12.4 Å². The summed E-state index contributed by atoms with van der Waals surface area (Å²) in [7, 11) is 1.35. The molecular weight excluding hydrogens is 246 g/mol. The van der Waals surface area contributed by atoms with E-state index >= 15 is 0 Å². The molecular formula is C14H25NO4. The molecule has 5 heteroatoms. The second-order valence-electron chi connectivity index (χ2n) is 6.17. The topological polar surface area (TPSA) is 55.8 Å².